The van der Waals surface area contributed by atoms with Crippen molar-refractivity contribution < 1.29 is 14.3 Å². The number of hydrogen-bond acceptors (Lipinski definition) is 5. The SMILES string of the molecule is CC(C)C[C@@H](CNC(=O)OC(C)(C)C)C(=O)N(C)Cc1nc2ccccc2c(=O)[nH]1. The van der Waals surface area contributed by atoms with Crippen molar-refractivity contribution in [2.75, 3.05) is 13.6 Å². The van der Waals surface area contributed by atoms with Gasteiger partial charge in [-0.25, -0.2) is 9.78 Å². The number of nitrogens with one attached hydrogen (secondary N) is 2. The summed E-state index contributed by atoms with van der Waals surface area (Å²) in [6, 6.07) is 7.07. The molecule has 8 heteroatoms. The largest absolute Gasteiger partial charge is 0.444 e. The monoisotopic (exact) mass is 416 g/mol. The molecule has 0 aliphatic rings. The molecule has 0 saturated heterocycles. The second-order valence-electron chi connectivity index (χ2n) is 8.93. The fourth-order valence-corrected chi connectivity index (χ4v) is 3.19. The Labute approximate surface area is 177 Å². The minimum atomic E-state index is -0.605. The van der Waals surface area contributed by atoms with E-state index in [2.05, 4.69) is 15.3 Å². The molecule has 8 nitrogen and oxygen atoms in total. The van der Waals surface area contributed by atoms with Crippen LogP contribution in [0.4, 0.5) is 4.79 Å². The molecule has 0 fully saturated rings. The Morgan fingerprint density at radius 2 is 1.90 bits per heavy atom. The lowest BCUT2D eigenvalue weighted by molar-refractivity contribution is -0.135. The molecular formula is C22H32N4O4. The number of alkyl carbamates (subject to hydrolysis) is 1. The fraction of sp³-hybridized carbons (Fsp3) is 0.545. The third-order valence-corrected chi connectivity index (χ3v) is 4.42. The van der Waals surface area contributed by atoms with Crippen molar-refractivity contribution in [3.63, 3.8) is 0 Å². The van der Waals surface area contributed by atoms with Crippen LogP contribution in [0.15, 0.2) is 29.1 Å². The molecule has 1 heterocycles. The average molecular weight is 417 g/mol. The first-order valence-electron chi connectivity index (χ1n) is 10.2. The molecule has 2 aromatic rings. The van der Waals surface area contributed by atoms with Crippen molar-refractivity contribution >= 4 is 22.9 Å². The molecule has 2 rings (SSSR count). The molecule has 0 unspecified atom stereocenters. The molecule has 0 spiro atoms. The van der Waals surface area contributed by atoms with Crippen molar-refractivity contribution in [1.29, 1.82) is 0 Å². The van der Waals surface area contributed by atoms with E-state index in [9.17, 15) is 14.4 Å². The molecule has 0 aliphatic heterocycles. The molecule has 0 saturated carbocycles. The van der Waals surface area contributed by atoms with Crippen molar-refractivity contribution in [2.45, 2.75) is 53.2 Å². The minimum Gasteiger partial charge on any atom is -0.444 e. The summed E-state index contributed by atoms with van der Waals surface area (Å²) < 4.78 is 5.26. The predicted octanol–water partition coefficient (Wildman–Crippen LogP) is 3.07. The number of nitrogens with zero attached hydrogens (tertiary/aromatic N) is 2. The third kappa shape index (κ3) is 6.86. The zero-order valence-corrected chi connectivity index (χ0v) is 18.6. The Morgan fingerprint density at radius 1 is 1.23 bits per heavy atom. The predicted molar refractivity (Wildman–Crippen MR) is 116 cm³/mol. The van der Waals surface area contributed by atoms with Gasteiger partial charge in [-0.05, 0) is 45.2 Å². The van der Waals surface area contributed by atoms with Gasteiger partial charge in [-0.3, -0.25) is 9.59 Å². The zero-order chi connectivity index (χ0) is 22.5. The molecule has 1 aromatic carbocycles. The smallest absolute Gasteiger partial charge is 0.407 e. The third-order valence-electron chi connectivity index (χ3n) is 4.42. The number of amides is 2. The number of para-hydroxylation sites is 1. The summed E-state index contributed by atoms with van der Waals surface area (Å²) in [4.78, 5) is 46.0. The number of aromatic nitrogens is 2. The Balaban J connectivity index is 2.09. The van der Waals surface area contributed by atoms with Crippen LogP contribution in [0, 0.1) is 11.8 Å². The van der Waals surface area contributed by atoms with Gasteiger partial charge >= 0.3 is 6.09 Å². The van der Waals surface area contributed by atoms with Crippen LogP contribution in [0.2, 0.25) is 0 Å². The normalized spacial score (nSPS) is 12.6. The Bertz CT molecular complexity index is 946. The topological polar surface area (TPSA) is 104 Å². The molecule has 30 heavy (non-hydrogen) atoms. The van der Waals surface area contributed by atoms with E-state index in [1.807, 2.05) is 19.9 Å². The van der Waals surface area contributed by atoms with Crippen molar-refractivity contribution in [2.24, 2.45) is 11.8 Å². The van der Waals surface area contributed by atoms with Gasteiger partial charge in [0.25, 0.3) is 5.56 Å². The van der Waals surface area contributed by atoms with Crippen molar-refractivity contribution in [3.05, 3.63) is 40.4 Å². The van der Waals surface area contributed by atoms with Gasteiger partial charge in [-0.15, -0.1) is 0 Å². The number of carbonyl (C=O) groups is 2. The number of hydrogen-bond donors (Lipinski definition) is 2. The first-order valence-corrected chi connectivity index (χ1v) is 10.2. The Hall–Kier alpha value is -2.90. The molecular weight excluding hydrogens is 384 g/mol. The van der Waals surface area contributed by atoms with Gasteiger partial charge in [0, 0.05) is 13.6 Å². The van der Waals surface area contributed by atoms with Crippen LogP contribution < -0.4 is 10.9 Å². The molecule has 0 radical (unpaired) electrons. The maximum absolute atomic E-state index is 13.0. The first kappa shape index (κ1) is 23.4. The van der Waals surface area contributed by atoms with Crippen LogP contribution in [0.5, 0.6) is 0 Å². The van der Waals surface area contributed by atoms with Gasteiger partial charge in [0.15, 0.2) is 0 Å². The second kappa shape index (κ2) is 9.73. The van der Waals surface area contributed by atoms with Gasteiger partial charge in [-0.2, -0.15) is 0 Å². The van der Waals surface area contributed by atoms with Crippen molar-refractivity contribution in [3.8, 4) is 0 Å². The highest BCUT2D eigenvalue weighted by Crippen LogP contribution is 2.16. The molecule has 164 valence electrons. The summed E-state index contributed by atoms with van der Waals surface area (Å²) in [6.45, 7) is 9.75. The maximum atomic E-state index is 13.0. The van der Waals surface area contributed by atoms with Gasteiger partial charge in [0.05, 0.1) is 23.4 Å². The van der Waals surface area contributed by atoms with E-state index >= 15 is 0 Å². The molecule has 1 aromatic heterocycles. The van der Waals surface area contributed by atoms with E-state index in [0.717, 1.165) is 0 Å². The number of H-pyrrole nitrogens is 1. The van der Waals surface area contributed by atoms with E-state index < -0.39 is 17.6 Å². The van der Waals surface area contributed by atoms with Gasteiger partial charge in [0.1, 0.15) is 11.4 Å². The average Bonchev–Trinajstić information content (AvgIpc) is 2.63. The van der Waals surface area contributed by atoms with Crippen LogP contribution in [0.3, 0.4) is 0 Å². The number of rotatable bonds is 7. The van der Waals surface area contributed by atoms with Crippen LogP contribution >= 0.6 is 0 Å². The van der Waals surface area contributed by atoms with E-state index in [1.54, 1.807) is 46.0 Å². The summed E-state index contributed by atoms with van der Waals surface area (Å²) in [5.41, 5.74) is -0.254. The van der Waals surface area contributed by atoms with Gasteiger partial charge in [-0.1, -0.05) is 26.0 Å². The highest BCUT2D eigenvalue weighted by atomic mass is 16.6. The number of benzene rings is 1. The number of carbonyl (C=O) groups excluding carboxylic acids is 2. The lowest BCUT2D eigenvalue weighted by atomic mass is 9.95. The number of ether oxygens (including phenoxy) is 1. The molecule has 1 atom stereocenters. The summed E-state index contributed by atoms with van der Waals surface area (Å²) in [6.07, 6.45) is 0.0629. The van der Waals surface area contributed by atoms with E-state index in [0.29, 0.717) is 23.1 Å². The molecule has 2 amide bonds. The minimum absolute atomic E-state index is 0.129. The molecule has 2 N–H and O–H groups in total. The maximum Gasteiger partial charge on any atom is 0.407 e. The lowest BCUT2D eigenvalue weighted by Crippen LogP contribution is -2.42. The Kier molecular flexibility index (Phi) is 7.59. The summed E-state index contributed by atoms with van der Waals surface area (Å²) in [5.74, 6) is 0.148. The number of fused-ring (bicyclic) bond motifs is 1. The fourth-order valence-electron chi connectivity index (χ4n) is 3.19. The van der Waals surface area contributed by atoms with E-state index in [1.165, 1.54) is 4.90 Å². The van der Waals surface area contributed by atoms with Crippen LogP contribution in [-0.4, -0.2) is 46.1 Å². The number of aromatic amines is 1. The highest BCUT2D eigenvalue weighted by Gasteiger charge is 2.25. The lowest BCUT2D eigenvalue weighted by Gasteiger charge is -2.26. The van der Waals surface area contributed by atoms with E-state index in [-0.39, 0.29) is 30.5 Å². The van der Waals surface area contributed by atoms with Crippen LogP contribution in [0.25, 0.3) is 10.9 Å². The van der Waals surface area contributed by atoms with Crippen LogP contribution in [-0.2, 0) is 16.1 Å². The molecule has 0 bridgehead atoms. The standard InChI is InChI=1S/C22H32N4O4/c1-14(2)11-15(12-23-21(29)30-22(3,4)5)20(28)26(6)13-18-24-17-10-8-7-9-16(17)19(27)25-18/h7-10,14-15H,11-13H2,1-6H3,(H,23,29)(H,24,25,27)/t15-/m0/s1. The van der Waals surface area contributed by atoms with Gasteiger partial charge < -0.3 is 19.9 Å². The second-order valence-corrected chi connectivity index (χ2v) is 8.93. The first-order chi connectivity index (χ1) is 14.0. The summed E-state index contributed by atoms with van der Waals surface area (Å²) >= 11 is 0. The quantitative estimate of drug-likeness (QED) is 0.722. The molecule has 0 aliphatic carbocycles. The van der Waals surface area contributed by atoms with Crippen molar-refractivity contribution in [1.82, 2.24) is 20.2 Å². The Morgan fingerprint density at radius 3 is 2.53 bits per heavy atom. The van der Waals surface area contributed by atoms with Crippen LogP contribution in [0.1, 0.15) is 46.9 Å². The zero-order valence-electron chi connectivity index (χ0n) is 18.6. The summed E-state index contributed by atoms with van der Waals surface area (Å²) in [7, 11) is 1.67. The van der Waals surface area contributed by atoms with E-state index in [4.69, 9.17) is 4.74 Å². The highest BCUT2D eigenvalue weighted by molar-refractivity contribution is 5.80. The summed E-state index contributed by atoms with van der Waals surface area (Å²) in [5, 5.41) is 3.20. The van der Waals surface area contributed by atoms with Gasteiger partial charge in [0.2, 0.25) is 5.91 Å².